The van der Waals surface area contributed by atoms with Crippen molar-refractivity contribution in [3.8, 4) is 0 Å². The van der Waals surface area contributed by atoms with E-state index in [1.165, 1.54) is 19.3 Å². The Balaban J connectivity index is 1.85. The van der Waals surface area contributed by atoms with Gasteiger partial charge < -0.3 is 10.2 Å². The second-order valence-corrected chi connectivity index (χ2v) is 5.65. The molecule has 2 rings (SSSR count). The molecule has 0 spiro atoms. The summed E-state index contributed by atoms with van der Waals surface area (Å²) in [7, 11) is 0. The van der Waals surface area contributed by atoms with E-state index in [0.29, 0.717) is 19.1 Å². The summed E-state index contributed by atoms with van der Waals surface area (Å²) in [6.07, 6.45) is 6.08. The van der Waals surface area contributed by atoms with Gasteiger partial charge in [-0.25, -0.2) is 0 Å². The second-order valence-electron chi connectivity index (χ2n) is 5.65. The largest absolute Gasteiger partial charge is 0.396 e. The highest BCUT2D eigenvalue weighted by molar-refractivity contribution is 4.96. The Morgan fingerprint density at radius 2 is 1.87 bits per heavy atom. The van der Waals surface area contributed by atoms with Crippen LogP contribution in [-0.4, -0.2) is 23.4 Å². The van der Waals surface area contributed by atoms with Crippen LogP contribution in [0.3, 0.4) is 0 Å². The maximum atomic E-state index is 8.98. The molecule has 2 nitrogen and oxygen atoms in total. The number of hydrogen-bond donors (Lipinski definition) is 2. The van der Waals surface area contributed by atoms with E-state index in [0.717, 1.165) is 36.5 Å². The Morgan fingerprint density at radius 3 is 2.40 bits per heavy atom. The van der Waals surface area contributed by atoms with Crippen molar-refractivity contribution in [3.05, 3.63) is 0 Å². The van der Waals surface area contributed by atoms with Crippen LogP contribution in [0.15, 0.2) is 0 Å². The van der Waals surface area contributed by atoms with Gasteiger partial charge in [-0.3, -0.25) is 0 Å². The zero-order valence-electron chi connectivity index (χ0n) is 9.73. The molecule has 88 valence electrons. The fourth-order valence-electron chi connectivity index (χ4n) is 4.07. The van der Waals surface area contributed by atoms with Gasteiger partial charge in [-0.05, 0) is 61.7 Å². The number of hydrogen-bond acceptors (Lipinski definition) is 2. The molecule has 0 heterocycles. The first-order valence-corrected chi connectivity index (χ1v) is 6.48. The van der Waals surface area contributed by atoms with Gasteiger partial charge in [-0.1, -0.05) is 6.92 Å². The summed E-state index contributed by atoms with van der Waals surface area (Å²) in [5.41, 5.74) is 0. The second kappa shape index (κ2) is 4.84. The van der Waals surface area contributed by atoms with Gasteiger partial charge in [0.2, 0.25) is 0 Å². The summed E-state index contributed by atoms with van der Waals surface area (Å²) in [6.45, 7) is 3.00. The maximum Gasteiger partial charge on any atom is 0.0433 e. The third-order valence-electron chi connectivity index (χ3n) is 4.87. The lowest BCUT2D eigenvalue weighted by Gasteiger charge is -2.31. The molecule has 2 bridgehead atoms. The lowest BCUT2D eigenvalue weighted by Crippen LogP contribution is -2.24. The molecule has 0 aromatic heterocycles. The topological polar surface area (TPSA) is 40.5 Å². The zero-order chi connectivity index (χ0) is 10.8. The van der Waals surface area contributed by atoms with E-state index >= 15 is 0 Å². The molecule has 2 N–H and O–H groups in total. The third kappa shape index (κ3) is 2.21. The highest BCUT2D eigenvalue weighted by Crippen LogP contribution is 2.55. The van der Waals surface area contributed by atoms with Crippen molar-refractivity contribution in [1.82, 2.24) is 0 Å². The van der Waals surface area contributed by atoms with Crippen LogP contribution >= 0.6 is 0 Å². The summed E-state index contributed by atoms with van der Waals surface area (Å²) >= 11 is 0. The van der Waals surface area contributed by atoms with Crippen LogP contribution in [0.2, 0.25) is 0 Å². The van der Waals surface area contributed by atoms with Gasteiger partial charge in [-0.15, -0.1) is 0 Å². The molecule has 5 atom stereocenters. The average molecular weight is 212 g/mol. The molecule has 2 fully saturated rings. The number of aliphatic hydroxyl groups excluding tert-OH is 2. The van der Waals surface area contributed by atoms with Gasteiger partial charge >= 0.3 is 0 Å². The van der Waals surface area contributed by atoms with Crippen molar-refractivity contribution in [3.63, 3.8) is 0 Å². The predicted octanol–water partition coefficient (Wildman–Crippen LogP) is 2.05. The standard InChI is InChI=1S/C13H24O2/c1-9(2-4-14)13-8-11-7-12(13)6-10(11)3-5-15/h9-15H,2-8H2,1H3. The quantitative estimate of drug-likeness (QED) is 0.732. The smallest absolute Gasteiger partial charge is 0.0433 e. The van der Waals surface area contributed by atoms with Crippen LogP contribution in [0.5, 0.6) is 0 Å². The summed E-state index contributed by atoms with van der Waals surface area (Å²) in [5.74, 6) is 4.14. The Bertz CT molecular complexity index is 205. The van der Waals surface area contributed by atoms with Crippen molar-refractivity contribution in [2.75, 3.05) is 13.2 Å². The molecule has 0 aliphatic heterocycles. The molecular formula is C13H24O2. The minimum atomic E-state index is 0.342. The first-order chi connectivity index (χ1) is 7.26. The number of aliphatic hydroxyl groups is 2. The lowest BCUT2D eigenvalue weighted by molar-refractivity contribution is 0.148. The number of fused-ring (bicyclic) bond motifs is 2. The van der Waals surface area contributed by atoms with E-state index in [9.17, 15) is 0 Å². The molecule has 2 aliphatic rings. The maximum absolute atomic E-state index is 8.98. The van der Waals surface area contributed by atoms with E-state index in [2.05, 4.69) is 6.92 Å². The third-order valence-corrected chi connectivity index (χ3v) is 4.87. The molecule has 2 heteroatoms. The van der Waals surface area contributed by atoms with Gasteiger partial charge in [0.05, 0.1) is 0 Å². The molecule has 2 saturated carbocycles. The summed E-state index contributed by atoms with van der Waals surface area (Å²) in [6, 6.07) is 0. The Kier molecular flexibility index (Phi) is 3.68. The van der Waals surface area contributed by atoms with Crippen LogP contribution in [0, 0.1) is 29.6 Å². The van der Waals surface area contributed by atoms with Crippen LogP contribution in [-0.2, 0) is 0 Å². The zero-order valence-corrected chi connectivity index (χ0v) is 9.73. The first kappa shape index (κ1) is 11.4. The minimum Gasteiger partial charge on any atom is -0.396 e. The van der Waals surface area contributed by atoms with E-state index in [1.54, 1.807) is 0 Å². The first-order valence-electron chi connectivity index (χ1n) is 6.48. The van der Waals surface area contributed by atoms with Crippen LogP contribution < -0.4 is 0 Å². The van der Waals surface area contributed by atoms with Crippen molar-refractivity contribution < 1.29 is 10.2 Å². The average Bonchev–Trinajstić information content (AvgIpc) is 2.77. The van der Waals surface area contributed by atoms with Crippen molar-refractivity contribution in [1.29, 1.82) is 0 Å². The monoisotopic (exact) mass is 212 g/mol. The highest BCUT2D eigenvalue weighted by atomic mass is 16.3. The van der Waals surface area contributed by atoms with Crippen LogP contribution in [0.1, 0.15) is 39.0 Å². The molecule has 15 heavy (non-hydrogen) atoms. The van der Waals surface area contributed by atoms with Crippen LogP contribution in [0.25, 0.3) is 0 Å². The SMILES string of the molecule is CC(CCO)C1CC2CC1CC2CCO. The molecule has 0 aromatic rings. The molecule has 5 unspecified atom stereocenters. The highest BCUT2D eigenvalue weighted by Gasteiger charge is 2.46. The van der Waals surface area contributed by atoms with E-state index in [4.69, 9.17) is 10.2 Å². The Hall–Kier alpha value is -0.0800. The Labute approximate surface area is 92.7 Å². The molecule has 0 amide bonds. The minimum absolute atomic E-state index is 0.342. The van der Waals surface area contributed by atoms with E-state index in [-0.39, 0.29) is 0 Å². The molecule has 0 radical (unpaired) electrons. The van der Waals surface area contributed by atoms with Gasteiger partial charge in [0, 0.05) is 13.2 Å². The Morgan fingerprint density at radius 1 is 1.07 bits per heavy atom. The fourth-order valence-corrected chi connectivity index (χ4v) is 4.07. The van der Waals surface area contributed by atoms with Gasteiger partial charge in [0.1, 0.15) is 0 Å². The van der Waals surface area contributed by atoms with E-state index < -0.39 is 0 Å². The van der Waals surface area contributed by atoms with Crippen molar-refractivity contribution in [2.24, 2.45) is 29.6 Å². The van der Waals surface area contributed by atoms with Crippen molar-refractivity contribution >= 4 is 0 Å². The lowest BCUT2D eigenvalue weighted by atomic mass is 9.74. The normalized spacial score (nSPS) is 41.0. The summed E-state index contributed by atoms with van der Waals surface area (Å²) in [4.78, 5) is 0. The van der Waals surface area contributed by atoms with Gasteiger partial charge in [0.25, 0.3) is 0 Å². The molecule has 2 aliphatic carbocycles. The van der Waals surface area contributed by atoms with E-state index in [1.807, 2.05) is 0 Å². The molecule has 0 aromatic carbocycles. The fraction of sp³-hybridized carbons (Fsp3) is 1.00. The summed E-state index contributed by atoms with van der Waals surface area (Å²) < 4.78 is 0. The molecular weight excluding hydrogens is 188 g/mol. The number of rotatable bonds is 5. The summed E-state index contributed by atoms with van der Waals surface area (Å²) in [5, 5.41) is 18.0. The van der Waals surface area contributed by atoms with Gasteiger partial charge in [-0.2, -0.15) is 0 Å². The predicted molar refractivity (Wildman–Crippen MR) is 60.4 cm³/mol. The molecule has 0 saturated heterocycles. The van der Waals surface area contributed by atoms with Gasteiger partial charge in [0.15, 0.2) is 0 Å². The van der Waals surface area contributed by atoms with Crippen molar-refractivity contribution in [2.45, 2.75) is 39.0 Å². The van der Waals surface area contributed by atoms with Crippen LogP contribution in [0.4, 0.5) is 0 Å².